The Morgan fingerprint density at radius 3 is 2.83 bits per heavy atom. The monoisotopic (exact) mass is 330 g/mol. The summed E-state index contributed by atoms with van der Waals surface area (Å²) < 4.78 is 16.1. The van der Waals surface area contributed by atoms with Crippen LogP contribution in [0.3, 0.4) is 0 Å². The van der Waals surface area contributed by atoms with Gasteiger partial charge >= 0.3 is 5.97 Å². The van der Waals surface area contributed by atoms with E-state index in [1.807, 2.05) is 6.92 Å². The number of esters is 1. The molecule has 0 fully saturated rings. The van der Waals surface area contributed by atoms with Gasteiger partial charge in [0.05, 0.1) is 19.5 Å². The van der Waals surface area contributed by atoms with E-state index in [1.54, 1.807) is 12.2 Å². The Balaban J connectivity index is 2.33. The number of benzene rings is 1. The van der Waals surface area contributed by atoms with Crippen LogP contribution >= 0.6 is 0 Å². The molecule has 126 valence electrons. The quantitative estimate of drug-likeness (QED) is 0.685. The molecule has 6 heteroatoms. The number of carbonyl (C=O) groups excluding carboxylic acids is 2. The van der Waals surface area contributed by atoms with Gasteiger partial charge in [-0.2, -0.15) is 0 Å². The topological polar surface area (TPSA) is 86.0 Å². The van der Waals surface area contributed by atoms with Gasteiger partial charge in [0.15, 0.2) is 17.6 Å². The Labute approximate surface area is 138 Å². The van der Waals surface area contributed by atoms with Crippen LogP contribution in [0, 0.1) is 0 Å². The molecule has 6 nitrogen and oxygen atoms in total. The number of carbonyl (C=O) groups is 2. The highest BCUT2D eigenvalue weighted by Crippen LogP contribution is 2.44. The van der Waals surface area contributed by atoms with Gasteiger partial charge in [0.1, 0.15) is 6.61 Å². The molecule has 0 aliphatic heterocycles. The SMILES string of the molecule is COc1c2c(c(C=O)c3c(COC(C)=O)coc13)[C@@H](C)C(O)C=C2. The van der Waals surface area contributed by atoms with Crippen molar-refractivity contribution >= 4 is 29.3 Å². The van der Waals surface area contributed by atoms with Crippen LogP contribution < -0.4 is 4.74 Å². The summed E-state index contributed by atoms with van der Waals surface area (Å²) in [5.74, 6) is -0.205. The van der Waals surface area contributed by atoms with E-state index in [-0.39, 0.29) is 12.5 Å². The summed E-state index contributed by atoms with van der Waals surface area (Å²) in [6.07, 6.45) is 4.91. The van der Waals surface area contributed by atoms with Crippen molar-refractivity contribution < 1.29 is 28.6 Å². The molecule has 3 rings (SSSR count). The van der Waals surface area contributed by atoms with Crippen molar-refractivity contribution in [1.82, 2.24) is 0 Å². The second-order valence-electron chi connectivity index (χ2n) is 5.78. The second-order valence-corrected chi connectivity index (χ2v) is 5.78. The van der Waals surface area contributed by atoms with Crippen molar-refractivity contribution in [2.45, 2.75) is 32.5 Å². The fourth-order valence-electron chi connectivity index (χ4n) is 3.18. The van der Waals surface area contributed by atoms with Gasteiger partial charge in [-0.05, 0) is 5.56 Å². The first kappa shape index (κ1) is 16.3. The largest absolute Gasteiger partial charge is 0.492 e. The van der Waals surface area contributed by atoms with E-state index in [4.69, 9.17) is 13.9 Å². The molecule has 2 atom stereocenters. The summed E-state index contributed by atoms with van der Waals surface area (Å²) in [5.41, 5.74) is 2.86. The lowest BCUT2D eigenvalue weighted by Crippen LogP contribution is -2.19. The van der Waals surface area contributed by atoms with Crippen LogP contribution in [0.15, 0.2) is 16.8 Å². The Hall–Kier alpha value is -2.60. The molecule has 1 unspecified atom stereocenters. The molecule has 0 bridgehead atoms. The van der Waals surface area contributed by atoms with E-state index in [0.717, 1.165) is 11.8 Å². The van der Waals surface area contributed by atoms with Crippen molar-refractivity contribution in [2.24, 2.45) is 0 Å². The lowest BCUT2D eigenvalue weighted by atomic mass is 9.81. The molecular weight excluding hydrogens is 312 g/mol. The highest BCUT2D eigenvalue weighted by molar-refractivity contribution is 6.05. The second kappa shape index (κ2) is 6.13. The summed E-state index contributed by atoms with van der Waals surface area (Å²) in [6.45, 7) is 3.16. The van der Waals surface area contributed by atoms with Gasteiger partial charge in [-0.3, -0.25) is 9.59 Å². The molecule has 1 aliphatic rings. The predicted octanol–water partition coefficient (Wildman–Crippen LogP) is 2.81. The van der Waals surface area contributed by atoms with Crippen molar-refractivity contribution in [3.05, 3.63) is 34.6 Å². The van der Waals surface area contributed by atoms with E-state index in [0.29, 0.717) is 33.4 Å². The molecule has 0 saturated heterocycles. The minimum absolute atomic E-state index is 0.00210. The average Bonchev–Trinajstić information content (AvgIpc) is 2.98. The van der Waals surface area contributed by atoms with Crippen molar-refractivity contribution in [3.63, 3.8) is 0 Å². The zero-order chi connectivity index (χ0) is 17.4. The molecule has 0 radical (unpaired) electrons. The van der Waals surface area contributed by atoms with Gasteiger partial charge < -0.3 is 19.0 Å². The molecule has 1 aromatic carbocycles. The molecular formula is C18H18O6. The van der Waals surface area contributed by atoms with Gasteiger partial charge in [-0.15, -0.1) is 0 Å². The van der Waals surface area contributed by atoms with E-state index in [1.165, 1.54) is 20.3 Å². The molecule has 24 heavy (non-hydrogen) atoms. The van der Waals surface area contributed by atoms with Gasteiger partial charge in [-0.25, -0.2) is 0 Å². The van der Waals surface area contributed by atoms with E-state index in [2.05, 4.69) is 0 Å². The van der Waals surface area contributed by atoms with Crippen LogP contribution in [0.4, 0.5) is 0 Å². The minimum atomic E-state index is -0.692. The molecule has 1 aromatic heterocycles. The summed E-state index contributed by atoms with van der Waals surface area (Å²) >= 11 is 0. The van der Waals surface area contributed by atoms with E-state index < -0.39 is 12.1 Å². The maximum Gasteiger partial charge on any atom is 0.302 e. The first-order chi connectivity index (χ1) is 11.5. The Morgan fingerprint density at radius 2 is 2.21 bits per heavy atom. The van der Waals surface area contributed by atoms with Gasteiger partial charge in [-0.1, -0.05) is 19.1 Å². The predicted molar refractivity (Wildman–Crippen MR) is 87.1 cm³/mol. The summed E-state index contributed by atoms with van der Waals surface area (Å²) in [7, 11) is 1.52. The van der Waals surface area contributed by atoms with Crippen molar-refractivity contribution in [1.29, 1.82) is 0 Å². The highest BCUT2D eigenvalue weighted by Gasteiger charge is 2.31. The minimum Gasteiger partial charge on any atom is -0.492 e. The fourth-order valence-corrected chi connectivity index (χ4v) is 3.18. The molecule has 0 amide bonds. The number of aliphatic hydroxyl groups is 1. The molecule has 1 N–H and O–H groups in total. The Morgan fingerprint density at radius 1 is 1.46 bits per heavy atom. The highest BCUT2D eigenvalue weighted by atomic mass is 16.5. The maximum atomic E-state index is 11.8. The van der Waals surface area contributed by atoms with Crippen LogP contribution in [-0.4, -0.2) is 30.6 Å². The lowest BCUT2D eigenvalue weighted by molar-refractivity contribution is -0.142. The lowest BCUT2D eigenvalue weighted by Gasteiger charge is -2.26. The number of furan rings is 1. The van der Waals surface area contributed by atoms with E-state index >= 15 is 0 Å². The van der Waals surface area contributed by atoms with Crippen LogP contribution in [-0.2, 0) is 16.1 Å². The summed E-state index contributed by atoms with van der Waals surface area (Å²) in [6, 6.07) is 0. The Bertz CT molecular complexity index is 845. The third-order valence-electron chi connectivity index (χ3n) is 4.35. The molecule has 1 aliphatic carbocycles. The van der Waals surface area contributed by atoms with Crippen LogP contribution in [0.1, 0.15) is 46.8 Å². The third-order valence-corrected chi connectivity index (χ3v) is 4.35. The number of ether oxygens (including phenoxy) is 2. The summed E-state index contributed by atoms with van der Waals surface area (Å²) in [4.78, 5) is 22.9. The number of rotatable bonds is 4. The number of fused-ring (bicyclic) bond motifs is 2. The van der Waals surface area contributed by atoms with Gasteiger partial charge in [0.2, 0.25) is 0 Å². The fraction of sp³-hybridized carbons (Fsp3) is 0.333. The molecule has 1 heterocycles. The number of hydrogen-bond acceptors (Lipinski definition) is 6. The van der Waals surface area contributed by atoms with E-state index in [9.17, 15) is 14.7 Å². The van der Waals surface area contributed by atoms with Gasteiger partial charge in [0, 0.05) is 34.9 Å². The standard InChI is InChI=1S/C18H18O6/c1-9-14(21)5-4-12-15(9)13(6-19)16-11(7-23-10(2)20)8-24-18(16)17(12)22-3/h4-6,8-9,14,21H,7H2,1-3H3/t9-,14?/m0/s1. The Kier molecular flexibility index (Phi) is 4.15. The number of hydrogen-bond donors (Lipinski definition) is 1. The van der Waals surface area contributed by atoms with Crippen LogP contribution in [0.5, 0.6) is 5.75 Å². The molecule has 2 aromatic rings. The van der Waals surface area contributed by atoms with Crippen molar-refractivity contribution in [2.75, 3.05) is 7.11 Å². The van der Waals surface area contributed by atoms with Crippen LogP contribution in [0.25, 0.3) is 17.0 Å². The maximum absolute atomic E-state index is 11.8. The van der Waals surface area contributed by atoms with Gasteiger partial charge in [0.25, 0.3) is 0 Å². The average molecular weight is 330 g/mol. The number of aliphatic hydroxyl groups excluding tert-OH is 1. The molecule has 0 saturated carbocycles. The zero-order valence-corrected chi connectivity index (χ0v) is 13.7. The first-order valence-corrected chi connectivity index (χ1v) is 7.58. The smallest absolute Gasteiger partial charge is 0.302 e. The van der Waals surface area contributed by atoms with Crippen LogP contribution in [0.2, 0.25) is 0 Å². The first-order valence-electron chi connectivity index (χ1n) is 7.58. The number of aldehydes is 1. The van der Waals surface area contributed by atoms with Crippen molar-refractivity contribution in [3.8, 4) is 5.75 Å². The zero-order valence-electron chi connectivity index (χ0n) is 13.7. The number of methoxy groups -OCH3 is 1. The third kappa shape index (κ3) is 2.39. The summed E-state index contributed by atoms with van der Waals surface area (Å²) in [5, 5.41) is 10.7. The molecule has 0 spiro atoms. The normalized spacial score (nSPS) is 19.2.